The number of carbonyl (C=O) groups is 1. The predicted molar refractivity (Wildman–Crippen MR) is 135 cm³/mol. The van der Waals surface area contributed by atoms with E-state index >= 15 is 0 Å². The normalized spacial score (nSPS) is 17.9. The largest absolute Gasteiger partial charge is 0.410 e. The van der Waals surface area contributed by atoms with Gasteiger partial charge in [0, 0.05) is 12.5 Å². The van der Waals surface area contributed by atoms with E-state index in [0.717, 1.165) is 26.9 Å². The molecule has 0 saturated heterocycles. The van der Waals surface area contributed by atoms with Crippen molar-refractivity contribution in [3.05, 3.63) is 82.5 Å². The van der Waals surface area contributed by atoms with E-state index in [4.69, 9.17) is 12.2 Å². The summed E-state index contributed by atoms with van der Waals surface area (Å²) in [4.78, 5) is 12.7. The van der Waals surface area contributed by atoms with Crippen molar-refractivity contribution in [3.63, 3.8) is 0 Å². The molecule has 0 radical (unpaired) electrons. The van der Waals surface area contributed by atoms with Gasteiger partial charge in [-0.15, -0.1) is 0 Å². The minimum atomic E-state index is -4.54. The molecule has 0 spiro atoms. The maximum atomic E-state index is 14.0. The van der Waals surface area contributed by atoms with Gasteiger partial charge in [-0.05, 0) is 55.2 Å². The molecule has 1 aliphatic rings. The number of nitrogens with zero attached hydrogens (tertiary/aromatic N) is 2. The van der Waals surface area contributed by atoms with Gasteiger partial charge in [-0.2, -0.15) is 18.3 Å². The van der Waals surface area contributed by atoms with Crippen LogP contribution in [0.1, 0.15) is 64.2 Å². The second kappa shape index (κ2) is 10.2. The molecule has 0 aliphatic carbocycles. The van der Waals surface area contributed by atoms with E-state index in [-0.39, 0.29) is 29.1 Å². The number of hydrogen-bond donors (Lipinski definition) is 4. The van der Waals surface area contributed by atoms with Crippen molar-refractivity contribution in [2.45, 2.75) is 51.5 Å². The second-order valence-corrected chi connectivity index (χ2v) is 9.29. The monoisotopic (exact) mass is 516 g/mol. The fraction of sp³-hybridized carbons (Fsp3) is 0.320. The van der Waals surface area contributed by atoms with Crippen molar-refractivity contribution < 1.29 is 18.0 Å². The summed E-state index contributed by atoms with van der Waals surface area (Å²) >= 11 is 5.22. The van der Waals surface area contributed by atoms with E-state index in [1.54, 1.807) is 0 Å². The van der Waals surface area contributed by atoms with Crippen molar-refractivity contribution in [2.75, 3.05) is 5.32 Å². The standard InChI is InChI=1S/C25H27F3N6OS/c1-14-9-10-18(11-15(14)2)19-12-21(25(26,27)28)34-22(30-19)13-20(33-34)23(35)31-32-24(36)29-16(3)17-7-5-4-6-8-17/h4-11,13,16,19,21,30H,12H2,1-3H3,(H,31,35)(H2,29,32,36)/t16-,19+,21+/m0/s1. The van der Waals surface area contributed by atoms with Crippen molar-refractivity contribution in [2.24, 2.45) is 0 Å². The molecule has 1 aliphatic heterocycles. The van der Waals surface area contributed by atoms with E-state index in [0.29, 0.717) is 0 Å². The number of aromatic nitrogens is 2. The summed E-state index contributed by atoms with van der Waals surface area (Å²) in [5.41, 5.74) is 8.61. The number of alkyl halides is 3. The van der Waals surface area contributed by atoms with Crippen molar-refractivity contribution in [1.29, 1.82) is 0 Å². The molecule has 3 atom stereocenters. The molecule has 0 bridgehead atoms. The summed E-state index contributed by atoms with van der Waals surface area (Å²) in [5, 5.41) is 10.3. The van der Waals surface area contributed by atoms with Gasteiger partial charge in [0.2, 0.25) is 0 Å². The minimum absolute atomic E-state index is 0.121. The maximum Gasteiger partial charge on any atom is 0.410 e. The number of fused-ring (bicyclic) bond motifs is 1. The third-order valence-corrected chi connectivity index (χ3v) is 6.51. The number of hydrogen-bond acceptors (Lipinski definition) is 4. The number of aryl methyl sites for hydroxylation is 2. The predicted octanol–water partition coefficient (Wildman–Crippen LogP) is 5.03. The van der Waals surface area contributed by atoms with Crippen molar-refractivity contribution in [3.8, 4) is 0 Å². The average molecular weight is 517 g/mol. The van der Waals surface area contributed by atoms with E-state index in [9.17, 15) is 18.0 Å². The van der Waals surface area contributed by atoms with Crippen LogP contribution in [0.4, 0.5) is 19.0 Å². The third kappa shape index (κ3) is 5.62. The zero-order valence-corrected chi connectivity index (χ0v) is 20.8. The number of nitrogens with one attached hydrogen (secondary N) is 4. The first-order valence-corrected chi connectivity index (χ1v) is 11.9. The first-order valence-electron chi connectivity index (χ1n) is 11.4. The topological polar surface area (TPSA) is 83.0 Å². The van der Waals surface area contributed by atoms with Crippen LogP contribution in [0, 0.1) is 13.8 Å². The highest BCUT2D eigenvalue weighted by Crippen LogP contribution is 2.43. The summed E-state index contributed by atoms with van der Waals surface area (Å²) in [6, 6.07) is 13.9. The fourth-order valence-corrected chi connectivity index (χ4v) is 4.35. The number of benzene rings is 2. The Morgan fingerprint density at radius 2 is 1.83 bits per heavy atom. The zero-order chi connectivity index (χ0) is 26.0. The van der Waals surface area contributed by atoms with E-state index in [1.165, 1.54) is 6.07 Å². The van der Waals surface area contributed by atoms with Crippen LogP contribution in [-0.2, 0) is 0 Å². The summed E-state index contributed by atoms with van der Waals surface area (Å²) < 4.78 is 42.7. The molecule has 2 aromatic carbocycles. The Morgan fingerprint density at radius 1 is 1.11 bits per heavy atom. The van der Waals surface area contributed by atoms with Gasteiger partial charge in [-0.3, -0.25) is 15.6 Å². The lowest BCUT2D eigenvalue weighted by Gasteiger charge is -2.33. The molecule has 0 unspecified atom stereocenters. The van der Waals surface area contributed by atoms with Crippen molar-refractivity contribution in [1.82, 2.24) is 25.9 Å². The molecule has 0 saturated carbocycles. The molecule has 7 nitrogen and oxygen atoms in total. The number of hydrazine groups is 1. The van der Waals surface area contributed by atoms with Gasteiger partial charge in [-0.1, -0.05) is 48.5 Å². The van der Waals surface area contributed by atoms with Crippen LogP contribution >= 0.6 is 12.2 Å². The van der Waals surface area contributed by atoms with Crippen LogP contribution in [0.5, 0.6) is 0 Å². The lowest BCUT2D eigenvalue weighted by atomic mass is 9.94. The van der Waals surface area contributed by atoms with Gasteiger partial charge < -0.3 is 10.6 Å². The number of amides is 1. The molecule has 3 aromatic rings. The molecule has 1 aromatic heterocycles. The Morgan fingerprint density at radius 3 is 2.50 bits per heavy atom. The van der Waals surface area contributed by atoms with E-state index in [1.807, 2.05) is 69.3 Å². The number of halogens is 3. The van der Waals surface area contributed by atoms with Crippen LogP contribution in [0.15, 0.2) is 54.6 Å². The number of rotatable bonds is 4. The molecule has 4 rings (SSSR count). The Kier molecular flexibility index (Phi) is 7.21. The average Bonchev–Trinajstić information content (AvgIpc) is 3.28. The minimum Gasteiger partial charge on any atom is -0.363 e. The van der Waals surface area contributed by atoms with Crippen LogP contribution < -0.4 is 21.5 Å². The number of carbonyl (C=O) groups excluding carboxylic acids is 1. The molecule has 0 fully saturated rings. The molecular weight excluding hydrogens is 489 g/mol. The van der Waals surface area contributed by atoms with Gasteiger partial charge in [0.15, 0.2) is 16.8 Å². The van der Waals surface area contributed by atoms with E-state index in [2.05, 4.69) is 26.6 Å². The smallest absolute Gasteiger partial charge is 0.363 e. The Labute approximate surface area is 212 Å². The Balaban J connectivity index is 1.46. The summed E-state index contributed by atoms with van der Waals surface area (Å²) in [6.07, 6.45) is -4.78. The molecule has 4 N–H and O–H groups in total. The fourth-order valence-electron chi connectivity index (χ4n) is 4.12. The maximum absolute atomic E-state index is 14.0. The quantitative estimate of drug-likeness (QED) is 0.288. The van der Waals surface area contributed by atoms with Crippen molar-refractivity contribution >= 4 is 29.1 Å². The van der Waals surface area contributed by atoms with Gasteiger partial charge in [0.1, 0.15) is 5.82 Å². The summed E-state index contributed by atoms with van der Waals surface area (Å²) in [7, 11) is 0. The molecule has 11 heteroatoms. The summed E-state index contributed by atoms with van der Waals surface area (Å²) in [6.45, 7) is 5.77. The third-order valence-electron chi connectivity index (χ3n) is 6.29. The molecule has 190 valence electrons. The summed E-state index contributed by atoms with van der Waals surface area (Å²) in [5.74, 6) is -0.589. The first-order chi connectivity index (χ1) is 17.0. The number of thiocarbonyl (C=S) groups is 1. The highest BCUT2D eigenvalue weighted by molar-refractivity contribution is 7.80. The lowest BCUT2D eigenvalue weighted by molar-refractivity contribution is -0.173. The van der Waals surface area contributed by atoms with Crippen LogP contribution in [0.25, 0.3) is 0 Å². The number of anilines is 1. The zero-order valence-electron chi connectivity index (χ0n) is 20.0. The lowest BCUT2D eigenvalue weighted by Crippen LogP contribution is -2.47. The molecule has 2 heterocycles. The molecule has 36 heavy (non-hydrogen) atoms. The molecular formula is C25H27F3N6OS. The second-order valence-electron chi connectivity index (χ2n) is 8.88. The highest BCUT2D eigenvalue weighted by Gasteiger charge is 2.46. The SMILES string of the molecule is Cc1ccc([C@H]2C[C@H](C(F)(F)F)n3nc(C(=O)NNC(=S)N[C@@H](C)c4ccccc4)cc3N2)cc1C. The highest BCUT2D eigenvalue weighted by atomic mass is 32.1. The first kappa shape index (κ1) is 25.5. The Hall–Kier alpha value is -3.60. The van der Waals surface area contributed by atoms with Gasteiger partial charge in [0.25, 0.3) is 5.91 Å². The van der Waals surface area contributed by atoms with Gasteiger partial charge in [-0.25, -0.2) is 4.68 Å². The Bertz CT molecular complexity index is 1260. The van der Waals surface area contributed by atoms with Crippen LogP contribution in [0.3, 0.4) is 0 Å². The van der Waals surface area contributed by atoms with Crippen LogP contribution in [-0.4, -0.2) is 27.0 Å². The van der Waals surface area contributed by atoms with Gasteiger partial charge >= 0.3 is 6.18 Å². The molecule has 1 amide bonds. The van der Waals surface area contributed by atoms with E-state index < -0.39 is 24.2 Å². The van der Waals surface area contributed by atoms with Gasteiger partial charge in [0.05, 0.1) is 12.1 Å². The van der Waals surface area contributed by atoms with Crippen LogP contribution in [0.2, 0.25) is 0 Å².